The first-order valence-electron chi connectivity index (χ1n) is 17.6. The standard InChI is InChI=1S/C36H50N6O8S2/c1-5-14-41(15-6-2)36(45)29-16-28-12-11-27(18-31(28)39-33(37)19-29)26-8-7-9-30(17-26)52(49,50)42-21-25(22-42)20-38-35(44)32(23-51(46,47)48)40-34(43)13-10-24(3)4/h7-9,11-12,16-18,24-25,32H,5-6,10,13-15,19-23H2,1-4H3,(H2,37,39)(H,38,44)(H,40,43)(H,46,47,48)/t32-/m0/s1. The minimum Gasteiger partial charge on any atom is -0.387 e. The highest BCUT2D eigenvalue weighted by atomic mass is 32.2. The molecule has 1 atom stereocenters. The molecule has 0 bridgehead atoms. The largest absolute Gasteiger partial charge is 0.387 e. The number of amidine groups is 1. The lowest BCUT2D eigenvalue weighted by Gasteiger charge is -2.38. The van der Waals surface area contributed by atoms with Crippen molar-refractivity contribution >= 4 is 55.5 Å². The third-order valence-corrected chi connectivity index (χ3v) is 11.4. The van der Waals surface area contributed by atoms with E-state index in [1.54, 1.807) is 18.2 Å². The zero-order valence-electron chi connectivity index (χ0n) is 30.2. The van der Waals surface area contributed by atoms with Gasteiger partial charge in [-0.05, 0) is 60.6 Å². The van der Waals surface area contributed by atoms with Crippen LogP contribution < -0.4 is 16.4 Å². The van der Waals surface area contributed by atoms with E-state index in [4.69, 9.17) is 5.73 Å². The van der Waals surface area contributed by atoms with Gasteiger partial charge in [0.05, 0.1) is 10.6 Å². The number of benzene rings is 2. The normalized spacial score (nSPS) is 15.8. The average molecular weight is 759 g/mol. The molecule has 14 nitrogen and oxygen atoms in total. The third kappa shape index (κ3) is 10.9. The number of aliphatic imine (C=N–C) groups is 1. The SMILES string of the molecule is CCCN(CCC)C(=O)C1=Cc2ccc(-c3cccc(S(=O)(=O)N4CC(CNC(=O)[C@H](CS(=O)(=O)O)NC(=O)CCC(C)C)C4)c3)cc2N=C(N)C1. The molecule has 0 saturated carbocycles. The number of nitrogens with two attached hydrogens (primary N) is 1. The summed E-state index contributed by atoms with van der Waals surface area (Å²) in [5.74, 6) is -2.06. The van der Waals surface area contributed by atoms with Crippen LogP contribution in [0.3, 0.4) is 0 Å². The summed E-state index contributed by atoms with van der Waals surface area (Å²) in [6.45, 7) is 9.49. The molecular formula is C36H50N6O8S2. The molecule has 5 N–H and O–H groups in total. The van der Waals surface area contributed by atoms with E-state index in [0.29, 0.717) is 47.7 Å². The van der Waals surface area contributed by atoms with E-state index in [1.807, 2.05) is 56.9 Å². The molecular weight excluding hydrogens is 709 g/mol. The molecule has 2 aliphatic heterocycles. The maximum absolute atomic E-state index is 13.6. The number of sulfonamides is 1. The van der Waals surface area contributed by atoms with E-state index >= 15 is 0 Å². The van der Waals surface area contributed by atoms with E-state index in [0.717, 1.165) is 18.4 Å². The second-order valence-electron chi connectivity index (χ2n) is 13.8. The monoisotopic (exact) mass is 758 g/mol. The van der Waals surface area contributed by atoms with Gasteiger partial charge in [-0.15, -0.1) is 0 Å². The minimum atomic E-state index is -4.57. The Morgan fingerprint density at radius 1 is 1.02 bits per heavy atom. The molecule has 1 saturated heterocycles. The van der Waals surface area contributed by atoms with Gasteiger partial charge in [-0.1, -0.05) is 52.0 Å². The molecule has 1 fully saturated rings. The summed E-state index contributed by atoms with van der Waals surface area (Å²) in [4.78, 5) is 44.9. The summed E-state index contributed by atoms with van der Waals surface area (Å²) in [7, 11) is -8.46. The molecule has 3 amide bonds. The second kappa shape index (κ2) is 17.6. The van der Waals surface area contributed by atoms with Crippen LogP contribution in [0, 0.1) is 11.8 Å². The van der Waals surface area contributed by atoms with Gasteiger partial charge in [0.1, 0.15) is 17.6 Å². The summed E-state index contributed by atoms with van der Waals surface area (Å²) < 4.78 is 60.7. The van der Waals surface area contributed by atoms with Crippen LogP contribution >= 0.6 is 0 Å². The van der Waals surface area contributed by atoms with Crippen LogP contribution in [0.2, 0.25) is 0 Å². The highest BCUT2D eigenvalue weighted by molar-refractivity contribution is 7.89. The molecule has 0 unspecified atom stereocenters. The highest BCUT2D eigenvalue weighted by Crippen LogP contribution is 2.34. The van der Waals surface area contributed by atoms with Gasteiger partial charge in [0.15, 0.2) is 0 Å². The number of fused-ring (bicyclic) bond motifs is 1. The predicted octanol–water partition coefficient (Wildman–Crippen LogP) is 3.32. The fraction of sp³-hybridized carbons (Fsp3) is 0.500. The first kappa shape index (κ1) is 40.6. The average Bonchev–Trinajstić information content (AvgIpc) is 3.22. The van der Waals surface area contributed by atoms with Gasteiger partial charge in [-0.3, -0.25) is 18.9 Å². The van der Waals surface area contributed by atoms with Crippen molar-refractivity contribution in [1.82, 2.24) is 19.8 Å². The van der Waals surface area contributed by atoms with Gasteiger partial charge >= 0.3 is 0 Å². The van der Waals surface area contributed by atoms with Crippen molar-refractivity contribution in [2.45, 2.75) is 70.7 Å². The molecule has 16 heteroatoms. The molecule has 0 aromatic heterocycles. The number of carbonyl (C=O) groups excluding carboxylic acids is 3. The Balaban J connectivity index is 1.42. The van der Waals surface area contributed by atoms with Crippen LogP contribution in [0.1, 0.15) is 65.4 Å². The maximum Gasteiger partial charge on any atom is 0.267 e. The minimum absolute atomic E-state index is 0.0461. The Morgan fingerprint density at radius 3 is 2.33 bits per heavy atom. The van der Waals surface area contributed by atoms with E-state index in [9.17, 15) is 35.8 Å². The molecule has 52 heavy (non-hydrogen) atoms. The van der Waals surface area contributed by atoms with Crippen LogP contribution in [-0.2, 0) is 34.5 Å². The molecule has 4 rings (SSSR count). The summed E-state index contributed by atoms with van der Waals surface area (Å²) >= 11 is 0. The molecule has 0 radical (unpaired) electrons. The number of nitrogens with zero attached hydrogens (tertiary/aromatic N) is 3. The molecule has 2 aromatic carbocycles. The number of carbonyl (C=O) groups is 3. The van der Waals surface area contributed by atoms with Gasteiger partial charge in [0.2, 0.25) is 27.7 Å². The molecule has 2 aromatic rings. The van der Waals surface area contributed by atoms with Crippen molar-refractivity contribution in [3.8, 4) is 11.1 Å². The molecule has 2 heterocycles. The maximum atomic E-state index is 13.6. The fourth-order valence-electron chi connectivity index (χ4n) is 6.05. The predicted molar refractivity (Wildman–Crippen MR) is 201 cm³/mol. The van der Waals surface area contributed by atoms with Crippen molar-refractivity contribution < 1.29 is 35.8 Å². The van der Waals surface area contributed by atoms with Crippen molar-refractivity contribution in [2.24, 2.45) is 22.6 Å². The van der Waals surface area contributed by atoms with Gasteiger partial charge in [0.25, 0.3) is 10.1 Å². The Hall–Kier alpha value is -4.12. The number of hydrogen-bond donors (Lipinski definition) is 4. The zero-order valence-corrected chi connectivity index (χ0v) is 31.8. The quantitative estimate of drug-likeness (QED) is 0.174. The van der Waals surface area contributed by atoms with Crippen LogP contribution in [0.5, 0.6) is 0 Å². The summed E-state index contributed by atoms with van der Waals surface area (Å²) in [5, 5.41) is 4.96. The van der Waals surface area contributed by atoms with Crippen molar-refractivity contribution in [1.29, 1.82) is 0 Å². The van der Waals surface area contributed by atoms with E-state index in [-0.39, 0.29) is 55.1 Å². The molecule has 2 aliphatic rings. The van der Waals surface area contributed by atoms with Crippen LogP contribution in [-0.4, -0.2) is 98.7 Å². The lowest BCUT2D eigenvalue weighted by Crippen LogP contribution is -2.56. The van der Waals surface area contributed by atoms with Crippen molar-refractivity contribution in [3.63, 3.8) is 0 Å². The Labute approximate surface area is 306 Å². The smallest absolute Gasteiger partial charge is 0.267 e. The lowest BCUT2D eigenvalue weighted by molar-refractivity contribution is -0.128. The van der Waals surface area contributed by atoms with Gasteiger partial charge in [0, 0.05) is 62.6 Å². The van der Waals surface area contributed by atoms with Crippen molar-refractivity contribution in [3.05, 3.63) is 53.6 Å². The topological polar surface area (TPSA) is 209 Å². The van der Waals surface area contributed by atoms with E-state index in [1.165, 1.54) is 10.4 Å². The van der Waals surface area contributed by atoms with Gasteiger partial charge in [-0.25, -0.2) is 13.4 Å². The third-order valence-electron chi connectivity index (χ3n) is 8.82. The zero-order chi connectivity index (χ0) is 38.2. The Kier molecular flexibility index (Phi) is 13.8. The second-order valence-corrected chi connectivity index (χ2v) is 17.2. The first-order chi connectivity index (χ1) is 24.5. The lowest BCUT2D eigenvalue weighted by atomic mass is 10.0. The fourth-order valence-corrected chi connectivity index (χ4v) is 8.34. The molecule has 0 aliphatic carbocycles. The summed E-state index contributed by atoms with van der Waals surface area (Å²) in [6.07, 6.45) is 4.37. The molecule has 284 valence electrons. The van der Waals surface area contributed by atoms with Gasteiger partial charge in [-0.2, -0.15) is 12.7 Å². The van der Waals surface area contributed by atoms with Gasteiger partial charge < -0.3 is 21.3 Å². The molecule has 0 spiro atoms. The van der Waals surface area contributed by atoms with Crippen molar-refractivity contribution in [2.75, 3.05) is 38.5 Å². The Bertz CT molecular complexity index is 1920. The van der Waals surface area contributed by atoms with Crippen LogP contribution in [0.15, 0.2) is 57.9 Å². The highest BCUT2D eigenvalue weighted by Gasteiger charge is 2.37. The summed E-state index contributed by atoms with van der Waals surface area (Å²) in [5.41, 5.74) is 9.49. The Morgan fingerprint density at radius 2 is 1.69 bits per heavy atom. The van der Waals surface area contributed by atoms with E-state index < -0.39 is 43.8 Å². The number of hydrogen-bond acceptors (Lipinski definition) is 9. The number of nitrogens with one attached hydrogen (secondary N) is 2. The number of rotatable bonds is 17. The van der Waals surface area contributed by atoms with E-state index in [2.05, 4.69) is 15.6 Å². The summed E-state index contributed by atoms with van der Waals surface area (Å²) in [6, 6.07) is 10.6. The van der Waals surface area contributed by atoms with Crippen LogP contribution in [0.4, 0.5) is 5.69 Å². The first-order valence-corrected chi connectivity index (χ1v) is 20.6. The number of amides is 3. The van der Waals surface area contributed by atoms with Crippen LogP contribution in [0.25, 0.3) is 17.2 Å².